The lowest BCUT2D eigenvalue weighted by molar-refractivity contribution is 0.0636. The van der Waals surface area contributed by atoms with Crippen LogP contribution in [0.3, 0.4) is 0 Å². The number of nitrogens with one attached hydrogen (secondary N) is 1. The third-order valence-corrected chi connectivity index (χ3v) is 3.76. The topological polar surface area (TPSA) is 82.2 Å². The largest absolute Gasteiger partial charge is 0.444 e. The van der Waals surface area contributed by atoms with E-state index in [0.717, 1.165) is 5.69 Å². The van der Waals surface area contributed by atoms with Gasteiger partial charge in [-0.2, -0.15) is 5.10 Å². The van der Waals surface area contributed by atoms with Gasteiger partial charge in [0.15, 0.2) is 0 Å². The Morgan fingerprint density at radius 2 is 1.85 bits per heavy atom. The van der Waals surface area contributed by atoms with Gasteiger partial charge in [-0.3, -0.25) is 5.32 Å². The molecule has 0 aliphatic rings. The molecule has 0 bridgehead atoms. The van der Waals surface area contributed by atoms with Crippen LogP contribution in [0.25, 0.3) is 0 Å². The van der Waals surface area contributed by atoms with Crippen molar-refractivity contribution in [2.45, 2.75) is 65.5 Å². The minimum atomic E-state index is -0.598. The molecule has 0 spiro atoms. The smallest absolute Gasteiger partial charge is 0.412 e. The van der Waals surface area contributed by atoms with E-state index in [1.54, 1.807) is 31.5 Å². The first kappa shape index (κ1) is 20.7. The first-order chi connectivity index (χ1) is 12.3. The van der Waals surface area contributed by atoms with Crippen LogP contribution in [0.1, 0.15) is 52.8 Å². The van der Waals surface area contributed by atoms with E-state index in [-0.39, 0.29) is 11.4 Å². The number of carbonyl (C=O) groups excluding carboxylic acids is 1. The van der Waals surface area contributed by atoms with Gasteiger partial charge in [0.05, 0.1) is 11.2 Å². The van der Waals surface area contributed by atoms with Crippen molar-refractivity contribution in [3.8, 4) is 0 Å². The van der Waals surface area contributed by atoms with Crippen LogP contribution >= 0.6 is 0 Å². The maximum atomic E-state index is 14.2. The number of benzene rings is 1. The van der Waals surface area contributed by atoms with Crippen LogP contribution in [-0.2, 0) is 23.1 Å². The highest BCUT2D eigenvalue weighted by atomic mass is 19.1. The lowest BCUT2D eigenvalue weighted by Gasteiger charge is -2.20. The summed E-state index contributed by atoms with van der Waals surface area (Å²) < 4.78 is 21.1. The molecule has 1 aromatic carbocycles. The maximum absolute atomic E-state index is 14.2. The number of nitrogens with zero attached hydrogens (tertiary/aromatic N) is 2. The van der Waals surface area contributed by atoms with Crippen molar-refractivity contribution in [3.05, 3.63) is 41.3 Å². The Balaban J connectivity index is 2.08. The molecule has 0 saturated heterocycles. The Bertz CT molecular complexity index is 816. The van der Waals surface area contributed by atoms with Crippen molar-refractivity contribution < 1.29 is 13.9 Å². The van der Waals surface area contributed by atoms with Gasteiger partial charge >= 0.3 is 6.09 Å². The standard InChI is InChI=1S/C20H29FN4O2/c1-19(2,3)25-17(22)12-15(24-25)8-7-13-11-14(9-10-16(13)21)23-18(26)27-20(4,5)6/h9-12H,7-8,22H2,1-6H3,(H,23,26). The monoisotopic (exact) mass is 376 g/mol. The number of carbonyl (C=O) groups is 1. The van der Waals surface area contributed by atoms with E-state index in [2.05, 4.69) is 10.4 Å². The van der Waals surface area contributed by atoms with Crippen LogP contribution in [0, 0.1) is 5.82 Å². The summed E-state index contributed by atoms with van der Waals surface area (Å²) in [5.41, 5.74) is 6.98. The number of nitrogens with two attached hydrogens (primary N) is 1. The predicted octanol–water partition coefficient (Wildman–Crippen LogP) is 4.49. The fourth-order valence-electron chi connectivity index (χ4n) is 2.63. The van der Waals surface area contributed by atoms with Crippen molar-refractivity contribution in [1.29, 1.82) is 0 Å². The Labute approximate surface area is 159 Å². The molecule has 0 aliphatic carbocycles. The molecule has 3 N–H and O–H groups in total. The molecule has 148 valence electrons. The molecule has 0 unspecified atom stereocenters. The third kappa shape index (κ3) is 5.98. The normalized spacial score (nSPS) is 12.1. The minimum Gasteiger partial charge on any atom is -0.444 e. The van der Waals surface area contributed by atoms with Gasteiger partial charge in [-0.1, -0.05) is 0 Å². The molecule has 1 aromatic heterocycles. The van der Waals surface area contributed by atoms with Gasteiger partial charge in [-0.05, 0) is 78.1 Å². The highest BCUT2D eigenvalue weighted by molar-refractivity contribution is 5.84. The molecular weight excluding hydrogens is 347 g/mol. The van der Waals surface area contributed by atoms with Crippen molar-refractivity contribution in [3.63, 3.8) is 0 Å². The molecule has 6 nitrogen and oxygen atoms in total. The summed E-state index contributed by atoms with van der Waals surface area (Å²) in [7, 11) is 0. The molecule has 7 heteroatoms. The number of rotatable bonds is 4. The Morgan fingerprint density at radius 1 is 1.19 bits per heavy atom. The highest BCUT2D eigenvalue weighted by Crippen LogP contribution is 2.21. The van der Waals surface area contributed by atoms with Crippen LogP contribution in [0.2, 0.25) is 0 Å². The van der Waals surface area contributed by atoms with E-state index in [9.17, 15) is 9.18 Å². The molecule has 2 aromatic rings. The van der Waals surface area contributed by atoms with Crippen molar-refractivity contribution in [2.75, 3.05) is 11.1 Å². The Kier molecular flexibility index (Phi) is 5.82. The Morgan fingerprint density at radius 3 is 2.41 bits per heavy atom. The zero-order chi connectivity index (χ0) is 20.4. The second kappa shape index (κ2) is 7.58. The summed E-state index contributed by atoms with van der Waals surface area (Å²) in [6.45, 7) is 11.4. The quantitative estimate of drug-likeness (QED) is 0.823. The van der Waals surface area contributed by atoms with E-state index < -0.39 is 11.7 Å². The summed E-state index contributed by atoms with van der Waals surface area (Å²) in [5, 5.41) is 7.15. The van der Waals surface area contributed by atoms with Gasteiger partial charge in [-0.25, -0.2) is 13.9 Å². The number of amides is 1. The summed E-state index contributed by atoms with van der Waals surface area (Å²) in [6.07, 6.45) is 0.410. The second-order valence-electron chi connectivity index (χ2n) is 8.58. The average molecular weight is 376 g/mol. The van der Waals surface area contributed by atoms with Crippen molar-refractivity contribution >= 4 is 17.6 Å². The van der Waals surface area contributed by atoms with Crippen LogP contribution in [0.4, 0.5) is 20.7 Å². The zero-order valence-corrected chi connectivity index (χ0v) is 16.9. The van der Waals surface area contributed by atoms with Gasteiger partial charge in [0.2, 0.25) is 0 Å². The summed E-state index contributed by atoms with van der Waals surface area (Å²) in [6, 6.07) is 6.27. The number of hydrogen-bond donors (Lipinski definition) is 2. The summed E-state index contributed by atoms with van der Waals surface area (Å²) >= 11 is 0. The zero-order valence-electron chi connectivity index (χ0n) is 16.9. The first-order valence-electron chi connectivity index (χ1n) is 8.98. The van der Waals surface area contributed by atoms with E-state index in [1.807, 2.05) is 26.8 Å². The van der Waals surface area contributed by atoms with Crippen LogP contribution < -0.4 is 11.1 Å². The van der Waals surface area contributed by atoms with E-state index >= 15 is 0 Å². The summed E-state index contributed by atoms with van der Waals surface area (Å²) in [5.74, 6) is 0.256. The molecule has 2 rings (SSSR count). The average Bonchev–Trinajstić information content (AvgIpc) is 2.87. The van der Waals surface area contributed by atoms with E-state index in [1.165, 1.54) is 12.1 Å². The fraction of sp³-hybridized carbons (Fsp3) is 0.500. The van der Waals surface area contributed by atoms with Crippen LogP contribution in [-0.4, -0.2) is 21.5 Å². The fourth-order valence-corrected chi connectivity index (χ4v) is 2.63. The molecule has 0 saturated carbocycles. The molecule has 1 amide bonds. The van der Waals surface area contributed by atoms with Crippen molar-refractivity contribution in [1.82, 2.24) is 9.78 Å². The van der Waals surface area contributed by atoms with E-state index in [4.69, 9.17) is 10.5 Å². The van der Waals surface area contributed by atoms with E-state index in [0.29, 0.717) is 29.9 Å². The van der Waals surface area contributed by atoms with Crippen LogP contribution in [0.5, 0.6) is 0 Å². The van der Waals surface area contributed by atoms with Gasteiger partial charge in [0, 0.05) is 11.8 Å². The third-order valence-electron chi connectivity index (χ3n) is 3.76. The molecular formula is C20H29FN4O2. The SMILES string of the molecule is CC(C)(C)OC(=O)Nc1ccc(F)c(CCc2cc(N)n(C(C)(C)C)n2)c1. The molecule has 0 radical (unpaired) electrons. The molecule has 27 heavy (non-hydrogen) atoms. The molecule has 1 heterocycles. The highest BCUT2D eigenvalue weighted by Gasteiger charge is 2.19. The van der Waals surface area contributed by atoms with Gasteiger partial charge in [0.1, 0.15) is 17.2 Å². The molecule has 0 aliphatic heterocycles. The number of halogens is 1. The van der Waals surface area contributed by atoms with Gasteiger partial charge < -0.3 is 10.5 Å². The maximum Gasteiger partial charge on any atom is 0.412 e. The summed E-state index contributed by atoms with van der Waals surface area (Å²) in [4.78, 5) is 11.9. The minimum absolute atomic E-state index is 0.217. The number of aromatic nitrogens is 2. The van der Waals surface area contributed by atoms with Crippen molar-refractivity contribution in [2.24, 2.45) is 0 Å². The first-order valence-corrected chi connectivity index (χ1v) is 8.98. The number of ether oxygens (including phenoxy) is 1. The Hall–Kier alpha value is -2.57. The predicted molar refractivity (Wildman–Crippen MR) is 105 cm³/mol. The van der Waals surface area contributed by atoms with Gasteiger partial charge in [-0.15, -0.1) is 0 Å². The molecule has 0 atom stereocenters. The number of hydrogen-bond acceptors (Lipinski definition) is 4. The molecule has 0 fully saturated rings. The number of nitrogen functional groups attached to an aromatic ring is 1. The lowest BCUT2D eigenvalue weighted by atomic mass is 10.1. The van der Waals surface area contributed by atoms with Gasteiger partial charge in [0.25, 0.3) is 0 Å². The lowest BCUT2D eigenvalue weighted by Crippen LogP contribution is -2.27. The number of aryl methyl sites for hydroxylation is 2. The second-order valence-corrected chi connectivity index (χ2v) is 8.58. The van der Waals surface area contributed by atoms with Crippen LogP contribution in [0.15, 0.2) is 24.3 Å². The number of anilines is 2.